The van der Waals surface area contributed by atoms with Gasteiger partial charge in [0.1, 0.15) is 0 Å². The average Bonchev–Trinajstić information content (AvgIpc) is 3.11. The molecule has 0 radical (unpaired) electrons. The fourth-order valence-electron chi connectivity index (χ4n) is 2.51. The summed E-state index contributed by atoms with van der Waals surface area (Å²) in [5, 5.41) is 8.06. The van der Waals surface area contributed by atoms with Gasteiger partial charge in [0.15, 0.2) is 0 Å². The van der Waals surface area contributed by atoms with Crippen molar-refractivity contribution in [3.05, 3.63) is 52.8 Å². The Morgan fingerprint density at radius 3 is 2.67 bits per heavy atom. The zero-order chi connectivity index (χ0) is 14.9. The SMILES string of the molecule is Cc1cnn(CCC(=O)NC2(c3ccc(Cl)cc3)CC2)c1. The van der Waals surface area contributed by atoms with E-state index in [1.54, 1.807) is 10.9 Å². The number of halogens is 1. The van der Waals surface area contributed by atoms with E-state index in [-0.39, 0.29) is 11.4 Å². The number of rotatable bonds is 5. The van der Waals surface area contributed by atoms with E-state index in [9.17, 15) is 4.79 Å². The summed E-state index contributed by atoms with van der Waals surface area (Å²) < 4.78 is 1.80. The van der Waals surface area contributed by atoms with Crippen LogP contribution in [0.15, 0.2) is 36.7 Å². The van der Waals surface area contributed by atoms with Crippen LogP contribution in [0.1, 0.15) is 30.4 Å². The van der Waals surface area contributed by atoms with Crippen molar-refractivity contribution in [1.29, 1.82) is 0 Å². The van der Waals surface area contributed by atoms with Crippen LogP contribution in [0.4, 0.5) is 0 Å². The smallest absolute Gasteiger partial charge is 0.222 e. The lowest BCUT2D eigenvalue weighted by Crippen LogP contribution is -2.35. The number of nitrogens with one attached hydrogen (secondary N) is 1. The third-order valence-electron chi connectivity index (χ3n) is 3.86. The van der Waals surface area contributed by atoms with Gasteiger partial charge < -0.3 is 5.32 Å². The largest absolute Gasteiger partial charge is 0.347 e. The summed E-state index contributed by atoms with van der Waals surface area (Å²) in [5.74, 6) is 0.0654. The average molecular weight is 304 g/mol. The van der Waals surface area contributed by atoms with E-state index in [0.29, 0.717) is 13.0 Å². The summed E-state index contributed by atoms with van der Waals surface area (Å²) in [6.45, 7) is 2.60. The van der Waals surface area contributed by atoms with Gasteiger partial charge in [-0.2, -0.15) is 5.10 Å². The number of benzene rings is 1. The summed E-state index contributed by atoms with van der Waals surface area (Å²) in [6.07, 6.45) is 6.16. The van der Waals surface area contributed by atoms with Gasteiger partial charge in [0.25, 0.3) is 0 Å². The predicted octanol–water partition coefficient (Wildman–Crippen LogP) is 3.04. The Kier molecular flexibility index (Phi) is 3.72. The van der Waals surface area contributed by atoms with Crippen molar-refractivity contribution in [1.82, 2.24) is 15.1 Å². The van der Waals surface area contributed by atoms with Crippen LogP contribution in [0.2, 0.25) is 5.02 Å². The molecule has 3 rings (SSSR count). The van der Waals surface area contributed by atoms with E-state index in [1.807, 2.05) is 37.4 Å². The number of carbonyl (C=O) groups excluding carboxylic acids is 1. The third kappa shape index (κ3) is 3.27. The minimum Gasteiger partial charge on any atom is -0.347 e. The van der Waals surface area contributed by atoms with Crippen molar-refractivity contribution in [2.75, 3.05) is 0 Å². The van der Waals surface area contributed by atoms with Crippen LogP contribution in [-0.4, -0.2) is 15.7 Å². The Morgan fingerprint density at radius 1 is 1.38 bits per heavy atom. The summed E-state index contributed by atoms with van der Waals surface area (Å²) in [7, 11) is 0. The van der Waals surface area contributed by atoms with Crippen LogP contribution < -0.4 is 5.32 Å². The van der Waals surface area contributed by atoms with Crippen LogP contribution in [0, 0.1) is 6.92 Å². The van der Waals surface area contributed by atoms with Crippen LogP contribution in [0.3, 0.4) is 0 Å². The molecule has 4 nitrogen and oxygen atoms in total. The summed E-state index contributed by atoms with van der Waals surface area (Å²) in [5.41, 5.74) is 2.06. The monoisotopic (exact) mass is 303 g/mol. The lowest BCUT2D eigenvalue weighted by molar-refractivity contribution is -0.122. The van der Waals surface area contributed by atoms with Gasteiger partial charge in [0.05, 0.1) is 11.7 Å². The normalized spacial score (nSPS) is 15.7. The van der Waals surface area contributed by atoms with E-state index in [0.717, 1.165) is 29.0 Å². The minimum absolute atomic E-state index is 0.0654. The molecule has 0 aliphatic heterocycles. The molecule has 1 aliphatic carbocycles. The number of aromatic nitrogens is 2. The number of carbonyl (C=O) groups is 1. The molecule has 0 spiro atoms. The molecule has 21 heavy (non-hydrogen) atoms. The van der Waals surface area contributed by atoms with E-state index in [2.05, 4.69) is 10.4 Å². The number of aryl methyl sites for hydroxylation is 2. The molecule has 1 aromatic carbocycles. The van der Waals surface area contributed by atoms with E-state index >= 15 is 0 Å². The molecule has 1 aromatic heterocycles. The van der Waals surface area contributed by atoms with E-state index in [1.165, 1.54) is 0 Å². The molecular formula is C16H18ClN3O. The molecule has 1 amide bonds. The standard InChI is InChI=1S/C16H18ClN3O/c1-12-10-18-20(11-12)9-6-15(21)19-16(7-8-16)13-2-4-14(17)5-3-13/h2-5,10-11H,6-9H2,1H3,(H,19,21). The second-order valence-electron chi connectivity index (χ2n) is 5.67. The first kappa shape index (κ1) is 14.1. The van der Waals surface area contributed by atoms with Gasteiger partial charge in [-0.1, -0.05) is 23.7 Å². The fourth-order valence-corrected chi connectivity index (χ4v) is 2.64. The highest BCUT2D eigenvalue weighted by Gasteiger charge is 2.45. The summed E-state index contributed by atoms with van der Waals surface area (Å²) in [4.78, 5) is 12.1. The number of nitrogens with zero attached hydrogens (tertiary/aromatic N) is 2. The third-order valence-corrected chi connectivity index (χ3v) is 4.11. The van der Waals surface area contributed by atoms with Gasteiger partial charge >= 0.3 is 0 Å². The summed E-state index contributed by atoms with van der Waals surface area (Å²) >= 11 is 5.91. The van der Waals surface area contributed by atoms with Gasteiger partial charge in [0.2, 0.25) is 5.91 Å². The lowest BCUT2D eigenvalue weighted by atomic mass is 10.0. The molecule has 5 heteroatoms. The number of amides is 1. The second kappa shape index (κ2) is 5.53. The topological polar surface area (TPSA) is 46.9 Å². The molecular weight excluding hydrogens is 286 g/mol. The summed E-state index contributed by atoms with van der Waals surface area (Å²) in [6, 6.07) is 7.73. The van der Waals surface area contributed by atoms with Gasteiger partial charge in [0, 0.05) is 24.2 Å². The Labute approximate surface area is 129 Å². The van der Waals surface area contributed by atoms with Crippen molar-refractivity contribution in [3.63, 3.8) is 0 Å². The Morgan fingerprint density at radius 2 is 2.10 bits per heavy atom. The first-order valence-electron chi connectivity index (χ1n) is 7.14. The molecule has 1 aliphatic rings. The predicted molar refractivity (Wildman–Crippen MR) is 82.1 cm³/mol. The first-order chi connectivity index (χ1) is 10.1. The van der Waals surface area contributed by atoms with Crippen LogP contribution >= 0.6 is 11.6 Å². The Hall–Kier alpha value is -1.81. The lowest BCUT2D eigenvalue weighted by Gasteiger charge is -2.18. The zero-order valence-corrected chi connectivity index (χ0v) is 12.7. The van der Waals surface area contributed by atoms with Crippen molar-refractivity contribution < 1.29 is 4.79 Å². The highest BCUT2D eigenvalue weighted by Crippen LogP contribution is 2.45. The fraction of sp³-hybridized carbons (Fsp3) is 0.375. The number of hydrogen-bond donors (Lipinski definition) is 1. The van der Waals surface area contributed by atoms with Crippen LogP contribution in [0.5, 0.6) is 0 Å². The Bertz CT molecular complexity index is 644. The van der Waals surface area contributed by atoms with E-state index < -0.39 is 0 Å². The maximum Gasteiger partial charge on any atom is 0.222 e. The van der Waals surface area contributed by atoms with Crippen molar-refractivity contribution >= 4 is 17.5 Å². The van der Waals surface area contributed by atoms with Gasteiger partial charge in [-0.3, -0.25) is 9.48 Å². The molecule has 1 saturated carbocycles. The molecule has 0 unspecified atom stereocenters. The Balaban J connectivity index is 1.58. The molecule has 110 valence electrons. The van der Waals surface area contributed by atoms with Gasteiger partial charge in [-0.25, -0.2) is 0 Å². The molecule has 1 heterocycles. The molecule has 0 atom stereocenters. The highest BCUT2D eigenvalue weighted by atomic mass is 35.5. The minimum atomic E-state index is -0.179. The molecule has 2 aromatic rings. The van der Waals surface area contributed by atoms with Crippen LogP contribution in [0.25, 0.3) is 0 Å². The molecule has 0 bridgehead atoms. The molecule has 1 fully saturated rings. The van der Waals surface area contributed by atoms with Crippen molar-refractivity contribution in [2.24, 2.45) is 0 Å². The zero-order valence-electron chi connectivity index (χ0n) is 12.0. The van der Waals surface area contributed by atoms with Gasteiger partial charge in [-0.05, 0) is 43.0 Å². The van der Waals surface area contributed by atoms with Crippen LogP contribution in [-0.2, 0) is 16.9 Å². The quantitative estimate of drug-likeness (QED) is 0.923. The molecule has 0 saturated heterocycles. The maximum atomic E-state index is 12.1. The van der Waals surface area contributed by atoms with Crippen molar-refractivity contribution in [2.45, 2.75) is 38.3 Å². The maximum absolute atomic E-state index is 12.1. The molecule has 1 N–H and O–H groups in total. The first-order valence-corrected chi connectivity index (χ1v) is 7.51. The van der Waals surface area contributed by atoms with E-state index in [4.69, 9.17) is 11.6 Å². The highest BCUT2D eigenvalue weighted by molar-refractivity contribution is 6.30. The van der Waals surface area contributed by atoms with Crippen molar-refractivity contribution in [3.8, 4) is 0 Å². The second-order valence-corrected chi connectivity index (χ2v) is 6.10. The number of hydrogen-bond acceptors (Lipinski definition) is 2. The van der Waals surface area contributed by atoms with Gasteiger partial charge in [-0.15, -0.1) is 0 Å².